The van der Waals surface area contributed by atoms with Gasteiger partial charge >= 0.3 is 0 Å². The molecule has 2 heterocycles. The largest absolute Gasteiger partial charge is 0.486 e. The highest BCUT2D eigenvalue weighted by Gasteiger charge is 2.35. The van der Waals surface area contributed by atoms with Crippen molar-refractivity contribution < 1.29 is 22.7 Å². The van der Waals surface area contributed by atoms with Crippen LogP contribution in [0.3, 0.4) is 0 Å². The third kappa shape index (κ3) is 4.10. The molecule has 6 heteroatoms. The van der Waals surface area contributed by atoms with E-state index in [1.807, 2.05) is 18.2 Å². The Morgan fingerprint density at radius 3 is 2.44 bits per heavy atom. The lowest BCUT2D eigenvalue weighted by molar-refractivity contribution is -0.0494. The summed E-state index contributed by atoms with van der Waals surface area (Å²) >= 11 is 0. The quantitative estimate of drug-likeness (QED) is 0.458. The minimum atomic E-state index is -2.66. The molecule has 0 spiro atoms. The molecule has 0 radical (unpaired) electrons. The fourth-order valence-electron chi connectivity index (χ4n) is 4.30. The molecular weight excluding hydrogens is 412 g/mol. The molecule has 2 aromatic carbocycles. The molecule has 1 aliphatic heterocycles. The van der Waals surface area contributed by atoms with Gasteiger partial charge in [-0.2, -0.15) is 0 Å². The van der Waals surface area contributed by atoms with Gasteiger partial charge in [-0.25, -0.2) is 8.78 Å². The number of ether oxygens (including phenoxy) is 1. The maximum Gasteiger partial charge on any atom is 0.253 e. The molecule has 1 amide bonds. The zero-order valence-electron chi connectivity index (χ0n) is 18.2. The first-order valence-corrected chi connectivity index (χ1v) is 11.4. The number of hydrogen-bond donors (Lipinski definition) is 0. The van der Waals surface area contributed by atoms with E-state index in [2.05, 4.69) is 19.1 Å². The molecule has 1 aromatic heterocycles. The second kappa shape index (κ2) is 8.23. The average Bonchev–Trinajstić information content (AvgIpc) is 3.19. The van der Waals surface area contributed by atoms with Crippen molar-refractivity contribution in [2.24, 2.45) is 0 Å². The van der Waals surface area contributed by atoms with Crippen molar-refractivity contribution in [2.75, 3.05) is 13.1 Å². The molecule has 1 saturated carbocycles. The van der Waals surface area contributed by atoms with E-state index in [4.69, 9.17) is 9.15 Å². The highest BCUT2D eigenvalue weighted by molar-refractivity contribution is 5.95. The second-order valence-corrected chi connectivity index (χ2v) is 8.86. The van der Waals surface area contributed by atoms with Gasteiger partial charge in [0.15, 0.2) is 11.3 Å². The monoisotopic (exact) mass is 439 g/mol. The molecular formula is C26H27F2NO3. The lowest BCUT2D eigenvalue weighted by atomic mass is 9.96. The zero-order chi connectivity index (χ0) is 22.3. The summed E-state index contributed by atoms with van der Waals surface area (Å²) in [6.45, 7) is 2.24. The average molecular weight is 440 g/mol. The highest BCUT2D eigenvalue weighted by Crippen LogP contribution is 2.37. The Kier molecular flexibility index (Phi) is 5.39. The van der Waals surface area contributed by atoms with Gasteiger partial charge in [0.1, 0.15) is 5.76 Å². The van der Waals surface area contributed by atoms with E-state index in [1.54, 1.807) is 12.1 Å². The summed E-state index contributed by atoms with van der Waals surface area (Å²) in [6.07, 6.45) is 3.82. The van der Waals surface area contributed by atoms with Gasteiger partial charge < -0.3 is 14.1 Å². The van der Waals surface area contributed by atoms with Gasteiger partial charge in [0, 0.05) is 43.3 Å². The van der Waals surface area contributed by atoms with Crippen LogP contribution < -0.4 is 4.74 Å². The number of hydrogen-bond acceptors (Lipinski definition) is 3. The first kappa shape index (κ1) is 21.0. The number of fused-ring (bicyclic) bond motifs is 1. The molecule has 168 valence electrons. The summed E-state index contributed by atoms with van der Waals surface area (Å²) in [5, 5.41) is 1.00. The van der Waals surface area contributed by atoms with E-state index in [0.29, 0.717) is 5.56 Å². The van der Waals surface area contributed by atoms with E-state index < -0.39 is 5.92 Å². The van der Waals surface area contributed by atoms with Crippen LogP contribution in [0.2, 0.25) is 0 Å². The van der Waals surface area contributed by atoms with Gasteiger partial charge in [-0.3, -0.25) is 4.79 Å². The Morgan fingerprint density at radius 2 is 1.81 bits per heavy atom. The smallest absolute Gasteiger partial charge is 0.253 e. The molecule has 2 fully saturated rings. The molecule has 1 aliphatic carbocycles. The molecule has 0 unspecified atom stereocenters. The molecule has 3 aromatic rings. The summed E-state index contributed by atoms with van der Waals surface area (Å²) in [5.41, 5.74) is 3.26. The number of carbonyl (C=O) groups is 1. The fraction of sp³-hybridized carbons (Fsp3) is 0.423. The fourth-order valence-corrected chi connectivity index (χ4v) is 4.30. The van der Waals surface area contributed by atoms with Gasteiger partial charge in [-0.15, -0.1) is 0 Å². The molecule has 5 rings (SSSR count). The van der Waals surface area contributed by atoms with Crippen LogP contribution in [0.25, 0.3) is 22.1 Å². The summed E-state index contributed by atoms with van der Waals surface area (Å²) in [7, 11) is 0. The summed E-state index contributed by atoms with van der Waals surface area (Å²) in [4.78, 5) is 14.2. The molecule has 2 aliphatic rings. The van der Waals surface area contributed by atoms with E-state index in [0.717, 1.165) is 52.9 Å². The van der Waals surface area contributed by atoms with E-state index in [1.165, 1.54) is 11.3 Å². The predicted molar refractivity (Wildman–Crippen MR) is 119 cm³/mol. The van der Waals surface area contributed by atoms with Gasteiger partial charge in [0.05, 0.1) is 6.10 Å². The van der Waals surface area contributed by atoms with Crippen LogP contribution in [0.4, 0.5) is 8.78 Å². The first-order chi connectivity index (χ1) is 15.4. The molecule has 4 nitrogen and oxygen atoms in total. The van der Waals surface area contributed by atoms with Crippen LogP contribution in [0.1, 0.15) is 55.1 Å². The topological polar surface area (TPSA) is 42.7 Å². The number of furan rings is 1. The maximum atomic E-state index is 13.4. The Bertz CT molecular complexity index is 1120. The number of nitrogens with zero attached hydrogens (tertiary/aromatic N) is 1. The summed E-state index contributed by atoms with van der Waals surface area (Å²) < 4.78 is 39.0. The normalized spacial score (nSPS) is 18.5. The third-order valence-electron chi connectivity index (χ3n) is 6.57. The van der Waals surface area contributed by atoms with Crippen LogP contribution in [0, 0.1) is 0 Å². The van der Waals surface area contributed by atoms with Crippen molar-refractivity contribution in [1.29, 1.82) is 0 Å². The van der Waals surface area contributed by atoms with E-state index in [-0.39, 0.29) is 37.9 Å². The number of piperidine rings is 1. The van der Waals surface area contributed by atoms with E-state index >= 15 is 0 Å². The standard InChI is InChI=1S/C26H27F2NO3/c1-2-21-15-20-14-19(16-23(24(20)32-21)31-22-4-3-5-22)17-6-8-18(9-7-17)25(30)29-12-10-26(27,28)11-13-29/h6-9,14-16,22H,2-5,10-13H2,1H3. The molecule has 0 N–H and O–H groups in total. The molecule has 32 heavy (non-hydrogen) atoms. The van der Waals surface area contributed by atoms with Crippen LogP contribution in [0.15, 0.2) is 46.9 Å². The summed E-state index contributed by atoms with van der Waals surface area (Å²) in [5.74, 6) is -1.18. The van der Waals surface area contributed by atoms with Crippen molar-refractivity contribution >= 4 is 16.9 Å². The molecule has 0 bridgehead atoms. The predicted octanol–water partition coefficient (Wildman–Crippen LogP) is 6.46. The lowest BCUT2D eigenvalue weighted by Crippen LogP contribution is -2.42. The van der Waals surface area contributed by atoms with Crippen molar-refractivity contribution in [1.82, 2.24) is 4.90 Å². The van der Waals surface area contributed by atoms with Crippen molar-refractivity contribution in [2.45, 2.75) is 57.5 Å². The number of likely N-dealkylation sites (tertiary alicyclic amines) is 1. The maximum absolute atomic E-state index is 13.4. The first-order valence-electron chi connectivity index (χ1n) is 11.4. The minimum absolute atomic E-state index is 0.0897. The Balaban J connectivity index is 1.40. The van der Waals surface area contributed by atoms with Gasteiger partial charge in [-0.1, -0.05) is 19.1 Å². The Hall–Kier alpha value is -2.89. The Labute approximate surface area is 186 Å². The SMILES string of the molecule is CCc1cc2cc(-c3ccc(C(=O)N4CCC(F)(F)CC4)cc3)cc(OC3CCC3)c2o1. The van der Waals surface area contributed by atoms with E-state index in [9.17, 15) is 13.6 Å². The van der Waals surface area contributed by atoms with Crippen LogP contribution in [-0.2, 0) is 6.42 Å². The minimum Gasteiger partial charge on any atom is -0.486 e. The number of rotatable bonds is 5. The van der Waals surface area contributed by atoms with Crippen LogP contribution in [-0.4, -0.2) is 35.9 Å². The van der Waals surface area contributed by atoms with Crippen molar-refractivity contribution in [3.8, 4) is 16.9 Å². The highest BCUT2D eigenvalue weighted by atomic mass is 19.3. The van der Waals surface area contributed by atoms with Crippen LogP contribution in [0.5, 0.6) is 5.75 Å². The second-order valence-electron chi connectivity index (χ2n) is 8.86. The number of aryl methyl sites for hydroxylation is 1. The van der Waals surface area contributed by atoms with Gasteiger partial charge in [0.2, 0.25) is 0 Å². The molecule has 0 atom stereocenters. The number of benzene rings is 2. The third-order valence-corrected chi connectivity index (χ3v) is 6.57. The number of carbonyl (C=O) groups excluding carboxylic acids is 1. The summed E-state index contributed by atoms with van der Waals surface area (Å²) in [6, 6.07) is 13.5. The zero-order valence-corrected chi connectivity index (χ0v) is 18.2. The van der Waals surface area contributed by atoms with Crippen molar-refractivity contribution in [3.05, 3.63) is 53.8 Å². The number of alkyl halides is 2. The van der Waals surface area contributed by atoms with Crippen LogP contribution >= 0.6 is 0 Å². The molecule has 1 saturated heterocycles. The number of halogens is 2. The number of amides is 1. The Morgan fingerprint density at radius 1 is 1.09 bits per heavy atom. The van der Waals surface area contributed by atoms with Crippen molar-refractivity contribution in [3.63, 3.8) is 0 Å². The lowest BCUT2D eigenvalue weighted by Gasteiger charge is -2.31. The van der Waals surface area contributed by atoms with Gasteiger partial charge in [0.25, 0.3) is 11.8 Å². The van der Waals surface area contributed by atoms with Gasteiger partial charge in [-0.05, 0) is 60.7 Å².